The maximum atomic E-state index is 13.4. The van der Waals surface area contributed by atoms with E-state index in [-0.39, 0.29) is 5.82 Å². The number of benzene rings is 2. The smallest absolute Gasteiger partial charge is 0.170 e. The van der Waals surface area contributed by atoms with Crippen LogP contribution < -0.4 is 0 Å². The number of aromatic nitrogens is 1. The van der Waals surface area contributed by atoms with Gasteiger partial charge in [0.25, 0.3) is 0 Å². The Labute approximate surface area is 164 Å². The molecule has 0 spiro atoms. The Bertz CT molecular complexity index is 952. The number of hydrogen-bond acceptors (Lipinski definition) is 4. The van der Waals surface area contributed by atoms with Crippen molar-refractivity contribution in [2.75, 3.05) is 19.6 Å². The van der Waals surface area contributed by atoms with E-state index in [4.69, 9.17) is 4.52 Å². The highest BCUT2D eigenvalue weighted by Crippen LogP contribution is 2.33. The van der Waals surface area contributed by atoms with Crippen LogP contribution in [0.4, 0.5) is 4.39 Å². The molecular weight excluding hydrogens is 353 g/mol. The zero-order valence-electron chi connectivity index (χ0n) is 16.3. The van der Waals surface area contributed by atoms with Gasteiger partial charge < -0.3 is 9.42 Å². The molecule has 2 aromatic carbocycles. The van der Waals surface area contributed by atoms with E-state index >= 15 is 0 Å². The molecule has 2 aliphatic rings. The molecular formula is C23H26FN3O. The Balaban J connectivity index is 1.18. The number of piperidine rings is 1. The van der Waals surface area contributed by atoms with Gasteiger partial charge in [0.1, 0.15) is 5.82 Å². The van der Waals surface area contributed by atoms with Crippen LogP contribution in [0, 0.1) is 5.82 Å². The van der Waals surface area contributed by atoms with Crippen LogP contribution in [0.25, 0.3) is 11.0 Å². The summed E-state index contributed by atoms with van der Waals surface area (Å²) in [6, 6.07) is 14.0. The average molecular weight is 379 g/mol. The van der Waals surface area contributed by atoms with E-state index in [9.17, 15) is 4.39 Å². The van der Waals surface area contributed by atoms with Crippen molar-refractivity contribution in [2.45, 2.75) is 44.8 Å². The third-order valence-electron chi connectivity index (χ3n) is 6.45. The molecule has 1 fully saturated rings. The van der Waals surface area contributed by atoms with Crippen molar-refractivity contribution in [3.8, 4) is 0 Å². The Morgan fingerprint density at radius 1 is 1.11 bits per heavy atom. The standard InChI is InChI=1S/C23H26FN3O/c1-16(27-14-18-4-2-3-5-19(18)15-27)13-26-10-8-17(9-11-26)23-21-7-6-20(24)12-22(21)28-25-23/h2-7,12,16-17H,8-11,13-15H2,1H3. The molecule has 146 valence electrons. The van der Waals surface area contributed by atoms with Crippen LogP contribution in [0.2, 0.25) is 0 Å². The summed E-state index contributed by atoms with van der Waals surface area (Å²) < 4.78 is 18.7. The monoisotopic (exact) mass is 379 g/mol. The molecule has 1 saturated heterocycles. The normalized spacial score (nSPS) is 19.9. The van der Waals surface area contributed by atoms with Gasteiger partial charge in [0, 0.05) is 43.0 Å². The number of rotatable bonds is 4. The van der Waals surface area contributed by atoms with Crippen LogP contribution in [0.1, 0.15) is 42.5 Å². The van der Waals surface area contributed by atoms with Gasteiger partial charge in [-0.3, -0.25) is 4.90 Å². The predicted molar refractivity (Wildman–Crippen MR) is 108 cm³/mol. The minimum atomic E-state index is -0.275. The molecule has 0 amide bonds. The number of halogens is 1. The first-order valence-corrected chi connectivity index (χ1v) is 10.3. The summed E-state index contributed by atoms with van der Waals surface area (Å²) in [6.07, 6.45) is 2.15. The van der Waals surface area contributed by atoms with Gasteiger partial charge in [-0.2, -0.15) is 0 Å². The molecule has 2 aliphatic heterocycles. The van der Waals surface area contributed by atoms with E-state index in [0.717, 1.165) is 56.6 Å². The van der Waals surface area contributed by atoms with Gasteiger partial charge >= 0.3 is 0 Å². The lowest BCUT2D eigenvalue weighted by molar-refractivity contribution is 0.127. The van der Waals surface area contributed by atoms with Gasteiger partial charge in [0.05, 0.1) is 5.69 Å². The van der Waals surface area contributed by atoms with Gasteiger partial charge in [0.15, 0.2) is 5.58 Å². The van der Waals surface area contributed by atoms with Crippen molar-refractivity contribution >= 4 is 11.0 Å². The third kappa shape index (κ3) is 3.33. The molecule has 0 aliphatic carbocycles. The molecule has 1 aromatic heterocycles. The summed E-state index contributed by atoms with van der Waals surface area (Å²) in [4.78, 5) is 5.16. The zero-order chi connectivity index (χ0) is 19.1. The van der Waals surface area contributed by atoms with E-state index in [0.29, 0.717) is 17.5 Å². The molecule has 1 atom stereocenters. The third-order valence-corrected chi connectivity index (χ3v) is 6.45. The summed E-state index contributed by atoms with van der Waals surface area (Å²) in [6.45, 7) is 7.73. The number of nitrogens with zero attached hydrogens (tertiary/aromatic N) is 3. The molecule has 28 heavy (non-hydrogen) atoms. The molecule has 0 radical (unpaired) electrons. The number of hydrogen-bond donors (Lipinski definition) is 0. The molecule has 0 saturated carbocycles. The fraction of sp³-hybridized carbons (Fsp3) is 0.435. The van der Waals surface area contributed by atoms with Crippen LogP contribution in [0.3, 0.4) is 0 Å². The minimum Gasteiger partial charge on any atom is -0.356 e. The predicted octanol–water partition coefficient (Wildman–Crippen LogP) is 4.55. The Morgan fingerprint density at radius 2 is 1.82 bits per heavy atom. The first-order chi connectivity index (χ1) is 13.7. The molecule has 5 rings (SSSR count). The highest BCUT2D eigenvalue weighted by Gasteiger charge is 2.28. The van der Waals surface area contributed by atoms with Crippen molar-refractivity contribution in [2.24, 2.45) is 0 Å². The summed E-state index contributed by atoms with van der Waals surface area (Å²) in [5.74, 6) is 0.123. The zero-order valence-corrected chi connectivity index (χ0v) is 16.3. The summed E-state index contributed by atoms with van der Waals surface area (Å²) in [5, 5.41) is 5.22. The molecule has 0 bridgehead atoms. The second-order valence-corrected chi connectivity index (χ2v) is 8.31. The van der Waals surface area contributed by atoms with Crippen LogP contribution in [0.15, 0.2) is 47.0 Å². The van der Waals surface area contributed by atoms with Crippen molar-refractivity contribution in [1.82, 2.24) is 15.0 Å². The lowest BCUT2D eigenvalue weighted by Gasteiger charge is -2.35. The van der Waals surface area contributed by atoms with E-state index in [2.05, 4.69) is 46.1 Å². The SMILES string of the molecule is CC(CN1CCC(c2noc3cc(F)ccc23)CC1)N1Cc2ccccc2C1. The van der Waals surface area contributed by atoms with E-state index in [1.54, 1.807) is 6.07 Å². The molecule has 4 nitrogen and oxygen atoms in total. The van der Waals surface area contributed by atoms with Crippen LogP contribution >= 0.6 is 0 Å². The van der Waals surface area contributed by atoms with Crippen molar-refractivity contribution < 1.29 is 8.91 Å². The van der Waals surface area contributed by atoms with Gasteiger partial charge in [-0.25, -0.2) is 4.39 Å². The van der Waals surface area contributed by atoms with Gasteiger partial charge in [0.2, 0.25) is 0 Å². The minimum absolute atomic E-state index is 0.275. The molecule has 3 heterocycles. The topological polar surface area (TPSA) is 32.5 Å². The highest BCUT2D eigenvalue weighted by atomic mass is 19.1. The lowest BCUT2D eigenvalue weighted by Crippen LogP contribution is -2.43. The number of likely N-dealkylation sites (tertiary alicyclic amines) is 1. The van der Waals surface area contributed by atoms with Crippen LogP contribution in [-0.4, -0.2) is 40.6 Å². The summed E-state index contributed by atoms with van der Waals surface area (Å²) >= 11 is 0. The fourth-order valence-corrected chi connectivity index (χ4v) is 4.77. The Morgan fingerprint density at radius 3 is 2.54 bits per heavy atom. The van der Waals surface area contributed by atoms with E-state index in [1.807, 2.05) is 0 Å². The first-order valence-electron chi connectivity index (χ1n) is 10.3. The van der Waals surface area contributed by atoms with Crippen molar-refractivity contribution in [3.63, 3.8) is 0 Å². The quantitative estimate of drug-likeness (QED) is 0.666. The van der Waals surface area contributed by atoms with Crippen molar-refractivity contribution in [1.29, 1.82) is 0 Å². The van der Waals surface area contributed by atoms with Gasteiger partial charge in [-0.1, -0.05) is 29.4 Å². The Hall–Kier alpha value is -2.24. The van der Waals surface area contributed by atoms with Crippen LogP contribution in [-0.2, 0) is 13.1 Å². The fourth-order valence-electron chi connectivity index (χ4n) is 4.77. The molecule has 5 heteroatoms. The molecule has 0 N–H and O–H groups in total. The lowest BCUT2D eigenvalue weighted by atomic mass is 9.91. The first kappa shape index (κ1) is 17.8. The maximum absolute atomic E-state index is 13.4. The van der Waals surface area contributed by atoms with Gasteiger partial charge in [-0.05, 0) is 56.1 Å². The summed E-state index contributed by atoms with van der Waals surface area (Å²) in [7, 11) is 0. The Kier molecular flexibility index (Phi) is 4.65. The largest absolute Gasteiger partial charge is 0.356 e. The molecule has 3 aromatic rings. The van der Waals surface area contributed by atoms with Gasteiger partial charge in [-0.15, -0.1) is 0 Å². The van der Waals surface area contributed by atoms with Crippen LogP contribution in [0.5, 0.6) is 0 Å². The number of fused-ring (bicyclic) bond motifs is 2. The summed E-state index contributed by atoms with van der Waals surface area (Å²) in [5.41, 5.74) is 4.50. The maximum Gasteiger partial charge on any atom is 0.170 e. The average Bonchev–Trinajstić information content (AvgIpc) is 3.32. The van der Waals surface area contributed by atoms with E-state index < -0.39 is 0 Å². The second kappa shape index (κ2) is 7.30. The highest BCUT2D eigenvalue weighted by molar-refractivity contribution is 5.79. The van der Waals surface area contributed by atoms with Crippen molar-refractivity contribution in [3.05, 3.63) is 65.1 Å². The van der Waals surface area contributed by atoms with E-state index in [1.165, 1.54) is 23.3 Å². The second-order valence-electron chi connectivity index (χ2n) is 8.31. The molecule has 1 unspecified atom stereocenters.